The minimum atomic E-state index is -0.953. The highest BCUT2D eigenvalue weighted by molar-refractivity contribution is 6.23. The summed E-state index contributed by atoms with van der Waals surface area (Å²) in [7, 11) is 0. The van der Waals surface area contributed by atoms with Crippen molar-refractivity contribution in [1.82, 2.24) is 0 Å². The smallest absolute Gasteiger partial charge is 0.151 e. The third kappa shape index (κ3) is 4.00. The third-order valence-electron chi connectivity index (χ3n) is 4.90. The number of carbonyl (C=O) groups is 3. The van der Waals surface area contributed by atoms with Gasteiger partial charge >= 0.3 is 0 Å². The van der Waals surface area contributed by atoms with Crippen LogP contribution < -0.4 is 0 Å². The molecule has 0 aromatic carbocycles. The summed E-state index contributed by atoms with van der Waals surface area (Å²) in [5.41, 5.74) is 0.0501. The number of Topliss-reactive ketones (excluding diaryl/α,β-unsaturated/α-hetero) is 3. The number of carbonyl (C=O) groups excluding carboxylic acids is 3. The van der Waals surface area contributed by atoms with E-state index < -0.39 is 5.92 Å². The molecular weight excluding hydrogens is 252 g/mol. The molecule has 3 heteroatoms. The van der Waals surface area contributed by atoms with Crippen molar-refractivity contribution >= 4 is 17.3 Å². The zero-order valence-electron chi connectivity index (χ0n) is 13.5. The van der Waals surface area contributed by atoms with Crippen molar-refractivity contribution < 1.29 is 14.4 Å². The quantitative estimate of drug-likeness (QED) is 0.668. The van der Waals surface area contributed by atoms with E-state index in [0.29, 0.717) is 6.42 Å². The number of hydrogen-bond donors (Lipinski definition) is 0. The summed E-state index contributed by atoms with van der Waals surface area (Å²) in [6, 6.07) is 0. The fourth-order valence-electron chi connectivity index (χ4n) is 3.19. The Balaban J connectivity index is 2.79. The van der Waals surface area contributed by atoms with Gasteiger partial charge in [-0.1, -0.05) is 47.5 Å². The van der Waals surface area contributed by atoms with Crippen LogP contribution in [0, 0.1) is 16.7 Å². The zero-order valence-corrected chi connectivity index (χ0v) is 13.5. The maximum Gasteiger partial charge on any atom is 0.151 e. The van der Waals surface area contributed by atoms with Gasteiger partial charge in [0.25, 0.3) is 0 Å². The van der Waals surface area contributed by atoms with Crippen molar-refractivity contribution in [2.45, 2.75) is 73.1 Å². The predicted molar refractivity (Wildman–Crippen MR) is 79.4 cm³/mol. The van der Waals surface area contributed by atoms with Gasteiger partial charge in [-0.15, -0.1) is 0 Å². The van der Waals surface area contributed by atoms with E-state index in [0.717, 1.165) is 19.3 Å². The van der Waals surface area contributed by atoms with Gasteiger partial charge in [0, 0.05) is 19.3 Å². The molecule has 20 heavy (non-hydrogen) atoms. The zero-order chi connectivity index (χ0) is 15.6. The summed E-state index contributed by atoms with van der Waals surface area (Å²) < 4.78 is 0. The average molecular weight is 280 g/mol. The van der Waals surface area contributed by atoms with E-state index >= 15 is 0 Å². The van der Waals surface area contributed by atoms with Crippen LogP contribution in [-0.2, 0) is 14.4 Å². The minimum Gasteiger partial charge on any atom is -0.298 e. The van der Waals surface area contributed by atoms with E-state index in [9.17, 15) is 14.4 Å². The molecule has 0 heterocycles. The summed E-state index contributed by atoms with van der Waals surface area (Å²) in [4.78, 5) is 35.8. The number of ketones is 3. The average Bonchev–Trinajstić information content (AvgIpc) is 2.68. The number of hydrogen-bond acceptors (Lipinski definition) is 3. The fraction of sp³-hybridized carbons (Fsp3) is 0.824. The summed E-state index contributed by atoms with van der Waals surface area (Å²) in [5.74, 6) is -1.46. The van der Waals surface area contributed by atoms with Gasteiger partial charge in [-0.3, -0.25) is 14.4 Å². The van der Waals surface area contributed by atoms with Crippen LogP contribution in [0.25, 0.3) is 0 Å². The van der Waals surface area contributed by atoms with Gasteiger partial charge in [-0.05, 0) is 17.3 Å². The van der Waals surface area contributed by atoms with Crippen LogP contribution in [0.2, 0.25) is 0 Å². The summed E-state index contributed by atoms with van der Waals surface area (Å²) in [6.07, 6.45) is 3.72. The molecule has 1 saturated carbocycles. The molecule has 0 saturated heterocycles. The summed E-state index contributed by atoms with van der Waals surface area (Å²) >= 11 is 0. The van der Waals surface area contributed by atoms with Gasteiger partial charge in [0.1, 0.15) is 5.92 Å². The van der Waals surface area contributed by atoms with Crippen LogP contribution in [0.5, 0.6) is 0 Å². The Hall–Kier alpha value is -0.990. The van der Waals surface area contributed by atoms with Gasteiger partial charge < -0.3 is 0 Å². The molecule has 1 unspecified atom stereocenters. The maximum atomic E-state index is 12.4. The van der Waals surface area contributed by atoms with E-state index in [-0.39, 0.29) is 41.0 Å². The molecule has 0 radical (unpaired) electrons. The topological polar surface area (TPSA) is 51.2 Å². The maximum absolute atomic E-state index is 12.4. The Morgan fingerprint density at radius 3 is 1.95 bits per heavy atom. The predicted octanol–water partition coefficient (Wildman–Crippen LogP) is 3.74. The molecule has 1 fully saturated rings. The van der Waals surface area contributed by atoms with Crippen molar-refractivity contribution in [2.75, 3.05) is 0 Å². The van der Waals surface area contributed by atoms with Crippen molar-refractivity contribution in [2.24, 2.45) is 16.7 Å². The van der Waals surface area contributed by atoms with E-state index in [4.69, 9.17) is 0 Å². The highest BCUT2D eigenvalue weighted by Gasteiger charge is 2.41. The van der Waals surface area contributed by atoms with Gasteiger partial charge in [0.05, 0.1) is 0 Å². The first-order valence-corrected chi connectivity index (χ1v) is 7.72. The second-order valence-electron chi connectivity index (χ2n) is 7.37. The molecule has 0 spiro atoms. The van der Waals surface area contributed by atoms with Crippen molar-refractivity contribution in [3.8, 4) is 0 Å². The molecule has 1 aliphatic carbocycles. The molecule has 0 N–H and O–H groups in total. The van der Waals surface area contributed by atoms with Gasteiger partial charge in [0.15, 0.2) is 17.3 Å². The van der Waals surface area contributed by atoms with E-state index in [1.807, 2.05) is 0 Å². The first-order valence-electron chi connectivity index (χ1n) is 7.72. The second kappa shape index (κ2) is 6.19. The van der Waals surface area contributed by atoms with Crippen LogP contribution in [0.4, 0.5) is 0 Å². The standard InChI is InChI=1S/C17H28O3/c1-6-16(3,4)11-17(5,7-2)10-14(20)15-12(18)8-9-13(15)19/h15H,6-11H2,1-5H3. The lowest BCUT2D eigenvalue weighted by Gasteiger charge is -2.36. The largest absolute Gasteiger partial charge is 0.298 e. The van der Waals surface area contributed by atoms with Gasteiger partial charge in [-0.2, -0.15) is 0 Å². The Kier molecular flexibility index (Phi) is 5.28. The molecule has 3 nitrogen and oxygen atoms in total. The van der Waals surface area contributed by atoms with Crippen LogP contribution in [0.3, 0.4) is 0 Å². The monoisotopic (exact) mass is 280 g/mol. The number of rotatable bonds is 7. The Morgan fingerprint density at radius 1 is 1.05 bits per heavy atom. The molecule has 0 aromatic heterocycles. The lowest BCUT2D eigenvalue weighted by Crippen LogP contribution is -2.33. The lowest BCUT2D eigenvalue weighted by atomic mass is 9.68. The molecule has 1 atom stereocenters. The van der Waals surface area contributed by atoms with Gasteiger partial charge in [-0.25, -0.2) is 0 Å². The SMILES string of the molecule is CCC(C)(C)CC(C)(CC)CC(=O)C1C(=O)CCC1=O. The van der Waals surface area contributed by atoms with Crippen LogP contribution >= 0.6 is 0 Å². The van der Waals surface area contributed by atoms with Crippen LogP contribution in [-0.4, -0.2) is 17.3 Å². The molecular formula is C17H28O3. The first kappa shape index (κ1) is 17.1. The molecule has 0 aliphatic heterocycles. The normalized spacial score (nSPS) is 20.2. The minimum absolute atomic E-state index is 0.125. The first-order chi connectivity index (χ1) is 9.14. The Labute approximate surface area is 122 Å². The third-order valence-corrected chi connectivity index (χ3v) is 4.90. The van der Waals surface area contributed by atoms with E-state index in [2.05, 4.69) is 34.6 Å². The van der Waals surface area contributed by atoms with Crippen molar-refractivity contribution in [3.05, 3.63) is 0 Å². The molecule has 1 aliphatic rings. The Morgan fingerprint density at radius 2 is 1.55 bits per heavy atom. The molecule has 0 aromatic rings. The highest BCUT2D eigenvalue weighted by atomic mass is 16.2. The van der Waals surface area contributed by atoms with E-state index in [1.54, 1.807) is 0 Å². The second-order valence-corrected chi connectivity index (χ2v) is 7.37. The lowest BCUT2D eigenvalue weighted by molar-refractivity contribution is -0.137. The fourth-order valence-corrected chi connectivity index (χ4v) is 3.19. The summed E-state index contributed by atoms with van der Waals surface area (Å²) in [5, 5.41) is 0. The highest BCUT2D eigenvalue weighted by Crippen LogP contribution is 2.42. The molecule has 114 valence electrons. The molecule has 0 bridgehead atoms. The Bertz CT molecular complexity index is 392. The van der Waals surface area contributed by atoms with Crippen LogP contribution in [0.15, 0.2) is 0 Å². The van der Waals surface area contributed by atoms with E-state index in [1.165, 1.54) is 0 Å². The van der Waals surface area contributed by atoms with Crippen molar-refractivity contribution in [1.29, 1.82) is 0 Å². The summed E-state index contributed by atoms with van der Waals surface area (Å²) in [6.45, 7) is 10.7. The van der Waals surface area contributed by atoms with Gasteiger partial charge in [0.2, 0.25) is 0 Å². The van der Waals surface area contributed by atoms with Crippen LogP contribution in [0.1, 0.15) is 73.1 Å². The molecule has 0 amide bonds. The van der Waals surface area contributed by atoms with Crippen molar-refractivity contribution in [3.63, 3.8) is 0 Å². The molecule has 1 rings (SSSR count).